The third-order valence-electron chi connectivity index (χ3n) is 4.13. The average molecular weight is 291 g/mol. The number of hydrogen-bond acceptors (Lipinski definition) is 5. The normalized spacial score (nSPS) is 26.7. The molecule has 0 amide bonds. The third-order valence-corrected chi connectivity index (χ3v) is 4.13. The van der Waals surface area contributed by atoms with Gasteiger partial charge < -0.3 is 19.9 Å². The van der Waals surface area contributed by atoms with Crippen LogP contribution in [-0.4, -0.2) is 36.4 Å². The molecule has 0 spiro atoms. The fourth-order valence-electron chi connectivity index (χ4n) is 3.00. The molecule has 2 aliphatic heterocycles. The van der Waals surface area contributed by atoms with Crippen LogP contribution in [0.2, 0.25) is 0 Å². The Morgan fingerprint density at radius 2 is 2.38 bits per heavy atom. The summed E-state index contributed by atoms with van der Waals surface area (Å²) in [4.78, 5) is 11.4. The van der Waals surface area contributed by atoms with E-state index in [0.717, 1.165) is 23.2 Å². The van der Waals surface area contributed by atoms with Crippen LogP contribution in [0.5, 0.6) is 0 Å². The second kappa shape index (κ2) is 6.03. The van der Waals surface area contributed by atoms with Crippen LogP contribution >= 0.6 is 0 Å². The van der Waals surface area contributed by atoms with Crippen LogP contribution in [0.15, 0.2) is 18.2 Å². The molecule has 2 heterocycles. The van der Waals surface area contributed by atoms with Crippen molar-refractivity contribution in [2.24, 2.45) is 0 Å². The summed E-state index contributed by atoms with van der Waals surface area (Å²) in [5, 5.41) is 13.2. The van der Waals surface area contributed by atoms with Gasteiger partial charge in [0.05, 0.1) is 31.5 Å². The van der Waals surface area contributed by atoms with Crippen molar-refractivity contribution in [3.05, 3.63) is 29.3 Å². The summed E-state index contributed by atoms with van der Waals surface area (Å²) in [6.45, 7) is 2.61. The van der Waals surface area contributed by atoms with Gasteiger partial charge in [-0.2, -0.15) is 0 Å². The van der Waals surface area contributed by atoms with E-state index in [0.29, 0.717) is 26.1 Å². The van der Waals surface area contributed by atoms with E-state index in [2.05, 4.69) is 11.4 Å². The summed E-state index contributed by atoms with van der Waals surface area (Å²) < 4.78 is 10.7. The summed E-state index contributed by atoms with van der Waals surface area (Å²) in [5.41, 5.74) is 3.26. The minimum Gasteiger partial charge on any atom is -0.466 e. The third kappa shape index (κ3) is 3.04. The van der Waals surface area contributed by atoms with E-state index in [1.807, 2.05) is 19.1 Å². The first-order valence-electron chi connectivity index (χ1n) is 7.52. The Labute approximate surface area is 124 Å². The summed E-state index contributed by atoms with van der Waals surface area (Å²) in [7, 11) is 0. The van der Waals surface area contributed by atoms with E-state index in [-0.39, 0.29) is 18.1 Å². The molecule has 0 aliphatic carbocycles. The van der Waals surface area contributed by atoms with Crippen molar-refractivity contribution in [1.29, 1.82) is 0 Å². The summed E-state index contributed by atoms with van der Waals surface area (Å²) in [6, 6.07) is 6.19. The summed E-state index contributed by atoms with van der Waals surface area (Å²) in [5.74, 6) is -0.162. The number of rotatable bonds is 4. The van der Waals surface area contributed by atoms with Gasteiger partial charge >= 0.3 is 5.97 Å². The van der Waals surface area contributed by atoms with Gasteiger partial charge in [-0.25, -0.2) is 0 Å². The van der Waals surface area contributed by atoms with Gasteiger partial charge in [-0.15, -0.1) is 0 Å². The maximum atomic E-state index is 11.4. The first-order valence-corrected chi connectivity index (χ1v) is 7.52. The second-order valence-corrected chi connectivity index (χ2v) is 5.60. The number of ether oxygens (including phenoxy) is 2. The van der Waals surface area contributed by atoms with E-state index in [1.165, 1.54) is 0 Å². The lowest BCUT2D eigenvalue weighted by Gasteiger charge is -2.40. The molecule has 1 fully saturated rings. The van der Waals surface area contributed by atoms with E-state index in [4.69, 9.17) is 9.47 Å². The van der Waals surface area contributed by atoms with Crippen molar-refractivity contribution in [2.75, 3.05) is 18.5 Å². The molecule has 2 N–H and O–H groups in total. The number of benzene rings is 1. The van der Waals surface area contributed by atoms with E-state index < -0.39 is 6.10 Å². The standard InChI is InChI=1S/C16H21NO4/c1-2-20-16(19)6-4-10-3-5-12-11(7-10)15-8-13(17-12)14(18)9-21-15/h3,5,7,13-15,17-18H,2,4,6,8-9H2,1H3/t13-,14+,15+/m0/s1. The van der Waals surface area contributed by atoms with Crippen molar-refractivity contribution in [3.8, 4) is 0 Å². The topological polar surface area (TPSA) is 67.8 Å². The molecular weight excluding hydrogens is 270 g/mol. The number of aryl methyl sites for hydroxylation is 1. The maximum absolute atomic E-state index is 11.4. The van der Waals surface area contributed by atoms with Crippen LogP contribution in [0.4, 0.5) is 5.69 Å². The highest BCUT2D eigenvalue weighted by Crippen LogP contribution is 2.39. The van der Waals surface area contributed by atoms with Gasteiger partial charge in [0.1, 0.15) is 0 Å². The number of esters is 1. The fourth-order valence-corrected chi connectivity index (χ4v) is 3.00. The highest BCUT2D eigenvalue weighted by Gasteiger charge is 2.36. The lowest BCUT2D eigenvalue weighted by atomic mass is 9.88. The molecule has 0 saturated carbocycles. The van der Waals surface area contributed by atoms with E-state index in [1.54, 1.807) is 0 Å². The Balaban J connectivity index is 1.71. The van der Waals surface area contributed by atoms with Gasteiger partial charge in [0.15, 0.2) is 0 Å². The predicted octanol–water partition coefficient (Wildman–Crippen LogP) is 1.80. The highest BCUT2D eigenvalue weighted by atomic mass is 16.5. The van der Waals surface area contributed by atoms with E-state index in [9.17, 15) is 9.90 Å². The highest BCUT2D eigenvalue weighted by molar-refractivity contribution is 5.69. The molecule has 1 aromatic rings. The molecule has 1 saturated heterocycles. The minimum absolute atomic E-state index is 0.0391. The summed E-state index contributed by atoms with van der Waals surface area (Å²) in [6.07, 6.45) is 1.45. The van der Waals surface area contributed by atoms with Gasteiger partial charge in [-0.3, -0.25) is 4.79 Å². The van der Waals surface area contributed by atoms with Crippen molar-refractivity contribution < 1.29 is 19.4 Å². The molecule has 2 aliphatic rings. The van der Waals surface area contributed by atoms with E-state index >= 15 is 0 Å². The van der Waals surface area contributed by atoms with Gasteiger partial charge in [0.2, 0.25) is 0 Å². The Hall–Kier alpha value is -1.59. The van der Waals surface area contributed by atoms with Crippen LogP contribution in [0.3, 0.4) is 0 Å². The van der Waals surface area contributed by atoms with Crippen molar-refractivity contribution in [2.45, 2.75) is 44.4 Å². The Kier molecular flexibility index (Phi) is 4.12. The van der Waals surface area contributed by atoms with Crippen LogP contribution in [0.1, 0.15) is 37.0 Å². The molecule has 0 unspecified atom stereocenters. The molecular formula is C16H21NO4. The smallest absolute Gasteiger partial charge is 0.306 e. The van der Waals surface area contributed by atoms with Crippen molar-refractivity contribution in [1.82, 2.24) is 0 Å². The Morgan fingerprint density at radius 1 is 1.52 bits per heavy atom. The summed E-state index contributed by atoms with van der Waals surface area (Å²) >= 11 is 0. The van der Waals surface area contributed by atoms with Crippen LogP contribution < -0.4 is 5.32 Å². The number of aliphatic hydroxyl groups is 1. The van der Waals surface area contributed by atoms with Crippen LogP contribution in [0.25, 0.3) is 0 Å². The first kappa shape index (κ1) is 14.4. The van der Waals surface area contributed by atoms with Crippen LogP contribution in [0, 0.1) is 0 Å². The monoisotopic (exact) mass is 291 g/mol. The first-order chi connectivity index (χ1) is 10.2. The maximum Gasteiger partial charge on any atom is 0.306 e. The Bertz CT molecular complexity index is 531. The lowest BCUT2D eigenvalue weighted by Crippen LogP contribution is -2.45. The fraction of sp³-hybridized carbons (Fsp3) is 0.562. The molecule has 21 heavy (non-hydrogen) atoms. The SMILES string of the molecule is CCOC(=O)CCc1ccc2c(c1)[C@H]1C[C@H](N2)[C@H](O)CO1. The quantitative estimate of drug-likeness (QED) is 0.828. The largest absolute Gasteiger partial charge is 0.466 e. The zero-order chi connectivity index (χ0) is 14.8. The molecule has 5 heteroatoms. The number of aliphatic hydroxyl groups excluding tert-OH is 1. The number of hydrogen-bond donors (Lipinski definition) is 2. The van der Waals surface area contributed by atoms with Gasteiger partial charge in [-0.05, 0) is 25.0 Å². The van der Waals surface area contributed by atoms with Crippen molar-refractivity contribution >= 4 is 11.7 Å². The zero-order valence-corrected chi connectivity index (χ0v) is 12.2. The number of fused-ring (bicyclic) bond motifs is 4. The second-order valence-electron chi connectivity index (χ2n) is 5.60. The number of nitrogens with one attached hydrogen (secondary N) is 1. The molecule has 0 aromatic heterocycles. The molecule has 3 atom stereocenters. The number of carbonyl (C=O) groups is 1. The van der Waals surface area contributed by atoms with Crippen LogP contribution in [-0.2, 0) is 20.7 Å². The predicted molar refractivity (Wildman–Crippen MR) is 78.1 cm³/mol. The molecule has 2 bridgehead atoms. The van der Waals surface area contributed by atoms with Gasteiger partial charge in [0.25, 0.3) is 0 Å². The molecule has 3 rings (SSSR count). The molecule has 5 nitrogen and oxygen atoms in total. The molecule has 114 valence electrons. The molecule has 1 aromatic carbocycles. The molecule has 0 radical (unpaired) electrons. The average Bonchev–Trinajstić information content (AvgIpc) is 2.49. The Morgan fingerprint density at radius 3 is 3.19 bits per heavy atom. The lowest BCUT2D eigenvalue weighted by molar-refractivity contribution is -0.143. The number of carbonyl (C=O) groups excluding carboxylic acids is 1. The zero-order valence-electron chi connectivity index (χ0n) is 12.2. The number of anilines is 1. The van der Waals surface area contributed by atoms with Crippen molar-refractivity contribution in [3.63, 3.8) is 0 Å². The van der Waals surface area contributed by atoms with Gasteiger partial charge in [-0.1, -0.05) is 12.1 Å². The van der Waals surface area contributed by atoms with Gasteiger partial charge in [0, 0.05) is 24.1 Å². The minimum atomic E-state index is -0.446.